The highest BCUT2D eigenvalue weighted by Gasteiger charge is 2.48. The average molecular weight is 264 g/mol. The van der Waals surface area contributed by atoms with Gasteiger partial charge in [0.2, 0.25) is 0 Å². The number of carboxylic acid groups (broad SMARTS) is 1. The number of halogens is 3. The van der Waals surface area contributed by atoms with Gasteiger partial charge in [0, 0.05) is 7.11 Å². The maximum atomic E-state index is 11.8. The molecule has 0 saturated heterocycles. The van der Waals surface area contributed by atoms with Gasteiger partial charge in [0.1, 0.15) is 6.61 Å². The molecule has 0 radical (unpaired) electrons. The summed E-state index contributed by atoms with van der Waals surface area (Å²) in [6, 6.07) is 0. The maximum Gasteiger partial charge on any atom is 0.534 e. The summed E-state index contributed by atoms with van der Waals surface area (Å²) in [7, 11) is -4.85. The smallest absolute Gasteiger partial charge is 0.478 e. The Labute approximate surface area is 88.4 Å². The SMILES string of the molecule is COCC(=CC(=O)O)OS(=O)(=O)C(F)(F)F. The molecule has 0 fully saturated rings. The Morgan fingerprint density at radius 2 is 1.94 bits per heavy atom. The van der Waals surface area contributed by atoms with Crippen LogP contribution in [0.5, 0.6) is 0 Å². The molecule has 0 bridgehead atoms. The highest BCUT2D eigenvalue weighted by Crippen LogP contribution is 2.26. The van der Waals surface area contributed by atoms with E-state index in [4.69, 9.17) is 5.11 Å². The molecule has 0 amide bonds. The first-order valence-corrected chi connectivity index (χ1v) is 4.94. The first-order valence-electron chi connectivity index (χ1n) is 3.53. The minimum absolute atomic E-state index is 0.160. The predicted octanol–water partition coefficient (Wildman–Crippen LogP) is 0.468. The van der Waals surface area contributed by atoms with Crippen LogP contribution in [-0.4, -0.2) is 38.7 Å². The van der Waals surface area contributed by atoms with Crippen LogP contribution in [0.25, 0.3) is 0 Å². The summed E-state index contributed by atoms with van der Waals surface area (Å²) in [6.45, 7) is -0.721. The van der Waals surface area contributed by atoms with Gasteiger partial charge in [-0.25, -0.2) is 4.79 Å². The van der Waals surface area contributed by atoms with Crippen molar-refractivity contribution in [3.8, 4) is 0 Å². The molecule has 16 heavy (non-hydrogen) atoms. The number of aliphatic carboxylic acids is 1. The minimum atomic E-state index is -5.88. The van der Waals surface area contributed by atoms with Crippen molar-refractivity contribution in [2.24, 2.45) is 0 Å². The second-order valence-corrected chi connectivity index (χ2v) is 3.90. The van der Waals surface area contributed by atoms with E-state index in [2.05, 4.69) is 8.92 Å². The van der Waals surface area contributed by atoms with Crippen molar-refractivity contribution in [1.82, 2.24) is 0 Å². The van der Waals surface area contributed by atoms with E-state index in [9.17, 15) is 26.4 Å². The fraction of sp³-hybridized carbons (Fsp3) is 0.500. The Bertz CT molecular complexity index is 382. The molecule has 0 unspecified atom stereocenters. The van der Waals surface area contributed by atoms with Crippen LogP contribution in [0.15, 0.2) is 11.8 Å². The van der Waals surface area contributed by atoms with Crippen molar-refractivity contribution in [3.63, 3.8) is 0 Å². The molecule has 0 aliphatic heterocycles. The molecule has 0 spiro atoms. The summed E-state index contributed by atoms with van der Waals surface area (Å²) in [5.41, 5.74) is -5.63. The lowest BCUT2D eigenvalue weighted by Gasteiger charge is -2.11. The Morgan fingerprint density at radius 3 is 2.25 bits per heavy atom. The summed E-state index contributed by atoms with van der Waals surface area (Å²) >= 11 is 0. The van der Waals surface area contributed by atoms with Crippen LogP contribution in [0, 0.1) is 0 Å². The van der Waals surface area contributed by atoms with Gasteiger partial charge in [-0.15, -0.1) is 0 Å². The Morgan fingerprint density at radius 1 is 1.44 bits per heavy atom. The lowest BCUT2D eigenvalue weighted by atomic mass is 10.5. The van der Waals surface area contributed by atoms with E-state index in [1.54, 1.807) is 0 Å². The Hall–Kier alpha value is -1.29. The van der Waals surface area contributed by atoms with Crippen LogP contribution < -0.4 is 0 Å². The molecular weight excluding hydrogens is 257 g/mol. The molecule has 1 N–H and O–H groups in total. The van der Waals surface area contributed by atoms with E-state index >= 15 is 0 Å². The largest absolute Gasteiger partial charge is 0.534 e. The molecule has 0 saturated carbocycles. The van der Waals surface area contributed by atoms with Gasteiger partial charge in [0.05, 0.1) is 6.08 Å². The number of rotatable bonds is 5. The van der Waals surface area contributed by atoms with E-state index in [0.29, 0.717) is 0 Å². The highest BCUT2D eigenvalue weighted by molar-refractivity contribution is 7.87. The molecule has 6 nitrogen and oxygen atoms in total. The third-order valence-corrected chi connectivity index (χ3v) is 2.07. The molecular formula is C6H7F3O6S. The molecule has 0 aromatic carbocycles. The zero-order valence-electron chi connectivity index (χ0n) is 7.82. The zero-order valence-corrected chi connectivity index (χ0v) is 8.63. The number of hydrogen-bond acceptors (Lipinski definition) is 5. The molecule has 0 aliphatic rings. The van der Waals surface area contributed by atoms with E-state index in [-0.39, 0.29) is 6.08 Å². The summed E-state index contributed by atoms with van der Waals surface area (Å²) in [4.78, 5) is 10.1. The minimum Gasteiger partial charge on any atom is -0.478 e. The van der Waals surface area contributed by atoms with Crippen molar-refractivity contribution in [2.75, 3.05) is 13.7 Å². The van der Waals surface area contributed by atoms with Crippen LogP contribution in [0.4, 0.5) is 13.2 Å². The fourth-order valence-corrected chi connectivity index (χ4v) is 1.03. The normalized spacial score (nSPS) is 13.6. The summed E-state index contributed by atoms with van der Waals surface area (Å²) in [6.07, 6.45) is 0.160. The number of carboxylic acids is 1. The van der Waals surface area contributed by atoms with E-state index in [1.165, 1.54) is 0 Å². The first kappa shape index (κ1) is 14.7. The van der Waals surface area contributed by atoms with Crippen molar-refractivity contribution in [1.29, 1.82) is 0 Å². The topological polar surface area (TPSA) is 89.9 Å². The van der Waals surface area contributed by atoms with Crippen molar-refractivity contribution in [3.05, 3.63) is 11.8 Å². The van der Waals surface area contributed by atoms with Gasteiger partial charge in [0.15, 0.2) is 5.76 Å². The molecule has 0 aromatic heterocycles. The van der Waals surface area contributed by atoms with Gasteiger partial charge in [-0.2, -0.15) is 21.6 Å². The van der Waals surface area contributed by atoms with E-state index in [1.807, 2.05) is 0 Å². The van der Waals surface area contributed by atoms with Gasteiger partial charge < -0.3 is 14.0 Å². The average Bonchev–Trinajstić information content (AvgIpc) is 1.99. The number of hydrogen-bond donors (Lipinski definition) is 1. The van der Waals surface area contributed by atoms with E-state index < -0.39 is 34.0 Å². The highest BCUT2D eigenvalue weighted by atomic mass is 32.2. The van der Waals surface area contributed by atoms with Gasteiger partial charge in [-0.1, -0.05) is 0 Å². The van der Waals surface area contributed by atoms with Crippen LogP contribution >= 0.6 is 0 Å². The van der Waals surface area contributed by atoms with Gasteiger partial charge >= 0.3 is 21.6 Å². The van der Waals surface area contributed by atoms with Crippen molar-refractivity contribution < 1.29 is 40.4 Å². The third kappa shape index (κ3) is 4.49. The number of methoxy groups -OCH3 is 1. The number of alkyl halides is 3. The summed E-state index contributed by atoms with van der Waals surface area (Å²) in [5.74, 6) is -2.64. The van der Waals surface area contributed by atoms with Crippen LogP contribution in [0.3, 0.4) is 0 Å². The predicted molar refractivity (Wildman–Crippen MR) is 43.7 cm³/mol. The van der Waals surface area contributed by atoms with Crippen molar-refractivity contribution >= 4 is 16.1 Å². The monoisotopic (exact) mass is 264 g/mol. The summed E-state index contributed by atoms with van der Waals surface area (Å²) in [5, 5.41) is 8.22. The zero-order chi connectivity index (χ0) is 13.0. The number of carbonyl (C=O) groups is 1. The second-order valence-electron chi connectivity index (χ2n) is 2.37. The van der Waals surface area contributed by atoms with Crippen LogP contribution in [0.1, 0.15) is 0 Å². The van der Waals surface area contributed by atoms with Crippen molar-refractivity contribution in [2.45, 2.75) is 5.51 Å². The molecule has 0 aromatic rings. The van der Waals surface area contributed by atoms with E-state index in [0.717, 1.165) is 7.11 Å². The lowest BCUT2D eigenvalue weighted by Crippen LogP contribution is -2.26. The standard InChI is InChI=1S/C6H7F3O6S/c1-14-3-4(2-5(10)11)15-16(12,13)6(7,8)9/h2H,3H2,1H3,(H,10,11). The second kappa shape index (κ2) is 5.16. The molecule has 0 heterocycles. The van der Waals surface area contributed by atoms with Crippen LogP contribution in [-0.2, 0) is 23.8 Å². The van der Waals surface area contributed by atoms with Crippen LogP contribution in [0.2, 0.25) is 0 Å². The Balaban J connectivity index is 4.99. The number of ether oxygens (including phenoxy) is 1. The molecule has 94 valence electrons. The molecule has 0 aliphatic carbocycles. The maximum absolute atomic E-state index is 11.8. The fourth-order valence-electron chi connectivity index (χ4n) is 0.558. The lowest BCUT2D eigenvalue weighted by molar-refractivity contribution is -0.131. The molecule has 0 rings (SSSR count). The van der Waals surface area contributed by atoms with Gasteiger partial charge in [-0.3, -0.25) is 0 Å². The molecule has 0 atom stereocenters. The van der Waals surface area contributed by atoms with Gasteiger partial charge in [0.25, 0.3) is 0 Å². The summed E-state index contributed by atoms with van der Waals surface area (Å²) < 4.78 is 64.3. The van der Waals surface area contributed by atoms with Gasteiger partial charge in [-0.05, 0) is 0 Å². The quantitative estimate of drug-likeness (QED) is 0.336. The third-order valence-electron chi connectivity index (χ3n) is 1.07. The Kier molecular flexibility index (Phi) is 4.75. The first-order chi connectivity index (χ1) is 7.10. The molecule has 10 heteroatoms.